The minimum atomic E-state index is -0.725. The largest absolute Gasteiger partial charge is 0.444 e. The van der Waals surface area contributed by atoms with Crippen LogP contribution < -0.4 is 5.32 Å². The van der Waals surface area contributed by atoms with E-state index in [1.165, 1.54) is 6.07 Å². The first-order valence-corrected chi connectivity index (χ1v) is 5.80. The summed E-state index contributed by atoms with van der Waals surface area (Å²) in [4.78, 5) is 26.2. The summed E-state index contributed by atoms with van der Waals surface area (Å²) in [6.45, 7) is 5.15. The second kappa shape index (κ2) is 5.54. The standard InChI is InChI=1S/C11H12Cl2N2O3/c1-11(2,3)18-10(17)15-8-6(5-16)4-7(12)14-9(8)13/h4-5H,1-3H3,(H,15,17). The van der Waals surface area contributed by atoms with E-state index in [2.05, 4.69) is 10.3 Å². The highest BCUT2D eigenvalue weighted by atomic mass is 35.5. The summed E-state index contributed by atoms with van der Waals surface area (Å²) in [7, 11) is 0. The van der Waals surface area contributed by atoms with E-state index in [0.29, 0.717) is 6.29 Å². The van der Waals surface area contributed by atoms with Gasteiger partial charge in [-0.3, -0.25) is 10.1 Å². The Kier molecular flexibility index (Phi) is 4.53. The van der Waals surface area contributed by atoms with E-state index in [1.54, 1.807) is 20.8 Å². The van der Waals surface area contributed by atoms with E-state index in [4.69, 9.17) is 27.9 Å². The molecule has 0 saturated carbocycles. The number of rotatable bonds is 2. The topological polar surface area (TPSA) is 68.3 Å². The monoisotopic (exact) mass is 290 g/mol. The zero-order chi connectivity index (χ0) is 13.9. The molecule has 98 valence electrons. The Labute approximate surface area is 114 Å². The molecule has 1 aromatic heterocycles. The molecule has 0 fully saturated rings. The zero-order valence-electron chi connectivity index (χ0n) is 10.1. The van der Waals surface area contributed by atoms with Gasteiger partial charge in [-0.2, -0.15) is 0 Å². The van der Waals surface area contributed by atoms with Crippen LogP contribution in [0.1, 0.15) is 31.1 Å². The SMILES string of the molecule is CC(C)(C)OC(=O)Nc1c(C=O)cc(Cl)nc1Cl. The average molecular weight is 291 g/mol. The summed E-state index contributed by atoms with van der Waals surface area (Å²) >= 11 is 11.4. The molecular formula is C11H12Cl2N2O3. The second-order valence-corrected chi connectivity index (χ2v) is 5.19. The van der Waals surface area contributed by atoms with Gasteiger partial charge in [-0.05, 0) is 26.8 Å². The van der Waals surface area contributed by atoms with Crippen molar-refractivity contribution in [2.75, 3.05) is 5.32 Å². The summed E-state index contributed by atoms with van der Waals surface area (Å²) < 4.78 is 5.04. The molecule has 0 bridgehead atoms. The summed E-state index contributed by atoms with van der Waals surface area (Å²) in [6, 6.07) is 1.30. The summed E-state index contributed by atoms with van der Waals surface area (Å²) in [5, 5.41) is 2.36. The number of carbonyl (C=O) groups excluding carboxylic acids is 2. The average Bonchev–Trinajstić information content (AvgIpc) is 2.18. The van der Waals surface area contributed by atoms with Gasteiger partial charge in [0, 0.05) is 5.56 Å². The molecule has 1 aromatic rings. The highest BCUT2D eigenvalue weighted by Crippen LogP contribution is 2.26. The van der Waals surface area contributed by atoms with Gasteiger partial charge >= 0.3 is 6.09 Å². The second-order valence-electron chi connectivity index (χ2n) is 4.44. The van der Waals surface area contributed by atoms with Crippen LogP contribution in [0.3, 0.4) is 0 Å². The molecule has 0 radical (unpaired) electrons. The number of nitrogens with one attached hydrogen (secondary N) is 1. The number of aldehydes is 1. The van der Waals surface area contributed by atoms with Crippen molar-refractivity contribution in [1.82, 2.24) is 4.98 Å². The fourth-order valence-corrected chi connectivity index (χ4v) is 1.62. The molecule has 1 rings (SSSR count). The van der Waals surface area contributed by atoms with Crippen LogP contribution in [0.15, 0.2) is 6.07 Å². The summed E-state index contributed by atoms with van der Waals surface area (Å²) in [5.41, 5.74) is -0.450. The number of ether oxygens (including phenoxy) is 1. The number of nitrogens with zero attached hydrogens (tertiary/aromatic N) is 1. The van der Waals surface area contributed by atoms with Gasteiger partial charge in [0.2, 0.25) is 0 Å². The van der Waals surface area contributed by atoms with Crippen LogP contribution in [0.2, 0.25) is 10.3 Å². The van der Waals surface area contributed by atoms with E-state index >= 15 is 0 Å². The molecule has 18 heavy (non-hydrogen) atoms. The Hall–Kier alpha value is -1.33. The van der Waals surface area contributed by atoms with Crippen molar-refractivity contribution >= 4 is 41.3 Å². The predicted molar refractivity (Wildman–Crippen MR) is 69.5 cm³/mol. The van der Waals surface area contributed by atoms with Crippen LogP contribution in [0.5, 0.6) is 0 Å². The fourth-order valence-electron chi connectivity index (χ4n) is 1.12. The van der Waals surface area contributed by atoms with Gasteiger partial charge in [0.25, 0.3) is 0 Å². The third kappa shape index (κ3) is 4.16. The van der Waals surface area contributed by atoms with Crippen LogP contribution >= 0.6 is 23.2 Å². The number of carbonyl (C=O) groups is 2. The molecule has 0 unspecified atom stereocenters. The van der Waals surface area contributed by atoms with Crippen LogP contribution in [0.25, 0.3) is 0 Å². The van der Waals surface area contributed by atoms with Gasteiger partial charge in [-0.1, -0.05) is 23.2 Å². The molecule has 1 amide bonds. The van der Waals surface area contributed by atoms with E-state index in [9.17, 15) is 9.59 Å². The lowest BCUT2D eigenvalue weighted by molar-refractivity contribution is 0.0636. The number of amides is 1. The Morgan fingerprint density at radius 3 is 2.56 bits per heavy atom. The number of hydrogen-bond acceptors (Lipinski definition) is 4. The summed E-state index contributed by atoms with van der Waals surface area (Å²) in [6.07, 6.45) is -0.205. The van der Waals surface area contributed by atoms with Crippen molar-refractivity contribution in [2.45, 2.75) is 26.4 Å². The van der Waals surface area contributed by atoms with Crippen molar-refractivity contribution in [1.29, 1.82) is 0 Å². The molecule has 1 N–H and O–H groups in total. The van der Waals surface area contributed by atoms with Crippen LogP contribution in [-0.4, -0.2) is 23.0 Å². The highest BCUT2D eigenvalue weighted by Gasteiger charge is 2.19. The summed E-state index contributed by atoms with van der Waals surface area (Å²) in [5.74, 6) is 0. The van der Waals surface area contributed by atoms with Gasteiger partial charge < -0.3 is 4.74 Å². The van der Waals surface area contributed by atoms with Gasteiger partial charge in [-0.15, -0.1) is 0 Å². The van der Waals surface area contributed by atoms with Gasteiger partial charge in [0.05, 0.1) is 5.69 Å². The predicted octanol–water partition coefficient (Wildman–Crippen LogP) is 3.55. The smallest absolute Gasteiger partial charge is 0.412 e. The molecule has 1 heterocycles. The van der Waals surface area contributed by atoms with E-state index in [0.717, 1.165) is 0 Å². The lowest BCUT2D eigenvalue weighted by Gasteiger charge is -2.20. The number of hydrogen-bond donors (Lipinski definition) is 1. The maximum atomic E-state index is 11.6. The quantitative estimate of drug-likeness (QED) is 0.668. The Bertz CT molecular complexity index is 484. The number of pyridine rings is 1. The molecule has 0 aromatic carbocycles. The normalized spacial score (nSPS) is 10.9. The van der Waals surface area contributed by atoms with Crippen molar-refractivity contribution in [2.24, 2.45) is 0 Å². The van der Waals surface area contributed by atoms with E-state index in [-0.39, 0.29) is 21.6 Å². The molecule has 5 nitrogen and oxygen atoms in total. The first-order valence-electron chi connectivity index (χ1n) is 5.04. The van der Waals surface area contributed by atoms with Crippen molar-refractivity contribution in [3.8, 4) is 0 Å². The van der Waals surface area contributed by atoms with Crippen molar-refractivity contribution < 1.29 is 14.3 Å². The third-order valence-electron chi connectivity index (χ3n) is 1.73. The van der Waals surface area contributed by atoms with E-state index in [1.807, 2.05) is 0 Å². The molecule has 0 aliphatic rings. The molecule has 0 spiro atoms. The molecular weight excluding hydrogens is 279 g/mol. The molecule has 0 saturated heterocycles. The first kappa shape index (κ1) is 14.7. The highest BCUT2D eigenvalue weighted by molar-refractivity contribution is 6.35. The molecule has 0 aliphatic carbocycles. The zero-order valence-corrected chi connectivity index (χ0v) is 11.6. The minimum Gasteiger partial charge on any atom is -0.444 e. The van der Waals surface area contributed by atoms with Gasteiger partial charge in [-0.25, -0.2) is 9.78 Å². The lowest BCUT2D eigenvalue weighted by atomic mass is 10.2. The number of anilines is 1. The van der Waals surface area contributed by atoms with Crippen LogP contribution in [0, 0.1) is 0 Å². The number of aromatic nitrogens is 1. The van der Waals surface area contributed by atoms with E-state index < -0.39 is 11.7 Å². The Balaban J connectivity index is 2.97. The third-order valence-corrected chi connectivity index (χ3v) is 2.19. The minimum absolute atomic E-state index is 0.0665. The molecule has 0 aliphatic heterocycles. The molecule has 0 atom stereocenters. The van der Waals surface area contributed by atoms with Crippen molar-refractivity contribution in [3.05, 3.63) is 21.9 Å². The number of halogens is 2. The Morgan fingerprint density at radius 2 is 2.06 bits per heavy atom. The first-order chi connectivity index (χ1) is 8.23. The fraction of sp³-hybridized carbons (Fsp3) is 0.364. The van der Waals surface area contributed by atoms with Gasteiger partial charge in [0.15, 0.2) is 11.4 Å². The van der Waals surface area contributed by atoms with Crippen molar-refractivity contribution in [3.63, 3.8) is 0 Å². The van der Waals surface area contributed by atoms with Crippen LogP contribution in [0.4, 0.5) is 10.5 Å². The maximum Gasteiger partial charge on any atom is 0.412 e. The Morgan fingerprint density at radius 1 is 1.44 bits per heavy atom. The lowest BCUT2D eigenvalue weighted by Crippen LogP contribution is -2.27. The van der Waals surface area contributed by atoms with Gasteiger partial charge in [0.1, 0.15) is 10.8 Å². The maximum absolute atomic E-state index is 11.6. The van der Waals surface area contributed by atoms with Crippen LogP contribution in [-0.2, 0) is 4.74 Å². The molecule has 7 heteroatoms.